The molecule has 0 aliphatic rings. The first-order chi connectivity index (χ1) is 6.06. The summed E-state index contributed by atoms with van der Waals surface area (Å²) in [5.74, 6) is -1.02. The Labute approximate surface area is 78.6 Å². The summed E-state index contributed by atoms with van der Waals surface area (Å²) in [4.78, 5) is 9.49. The quantitative estimate of drug-likeness (QED) is 0.545. The van der Waals surface area contributed by atoms with Crippen LogP contribution in [0.25, 0.3) is 6.08 Å². The molecule has 0 N–H and O–H groups in total. The molecule has 0 aliphatic carbocycles. The van der Waals surface area contributed by atoms with Crippen LogP contribution in [0.4, 0.5) is 10.1 Å². The number of hydrogen-bond donors (Lipinski definition) is 0. The monoisotopic (exact) mass is 201 g/mol. The largest absolute Gasteiger partial charge is 0.306 e. The highest BCUT2D eigenvalue weighted by molar-refractivity contribution is 6.31. The van der Waals surface area contributed by atoms with E-state index in [4.69, 9.17) is 11.6 Å². The van der Waals surface area contributed by atoms with Gasteiger partial charge in [0.05, 0.1) is 9.95 Å². The van der Waals surface area contributed by atoms with E-state index >= 15 is 0 Å². The molecule has 1 aromatic carbocycles. The summed E-state index contributed by atoms with van der Waals surface area (Å²) in [5.41, 5.74) is -0.222. The molecule has 0 bridgehead atoms. The van der Waals surface area contributed by atoms with Crippen molar-refractivity contribution in [2.24, 2.45) is 0 Å². The van der Waals surface area contributed by atoms with Crippen molar-refractivity contribution < 1.29 is 9.31 Å². The molecule has 13 heavy (non-hydrogen) atoms. The van der Waals surface area contributed by atoms with Crippen LogP contribution in [-0.2, 0) is 0 Å². The minimum atomic E-state index is -1.02. The Balaban J connectivity index is 3.41. The number of nitro benzene ring substituents is 1. The first-order valence-electron chi connectivity index (χ1n) is 3.32. The second-order valence-electron chi connectivity index (χ2n) is 2.30. The molecule has 0 atom stereocenters. The average molecular weight is 202 g/mol. The highest BCUT2D eigenvalue weighted by atomic mass is 35.5. The van der Waals surface area contributed by atoms with Crippen LogP contribution in [0.5, 0.6) is 0 Å². The van der Waals surface area contributed by atoms with Crippen molar-refractivity contribution in [3.8, 4) is 0 Å². The molecule has 1 aromatic rings. The normalized spacial score (nSPS) is 9.69. The number of hydrogen-bond acceptors (Lipinski definition) is 2. The second-order valence-corrected chi connectivity index (χ2v) is 2.70. The Hall–Kier alpha value is -1.42. The van der Waals surface area contributed by atoms with Gasteiger partial charge in [-0.1, -0.05) is 24.3 Å². The minimum absolute atomic E-state index is 0.274. The highest BCUT2D eigenvalue weighted by Crippen LogP contribution is 2.26. The zero-order chi connectivity index (χ0) is 10.0. The molecule has 0 amide bonds. The van der Waals surface area contributed by atoms with Crippen LogP contribution < -0.4 is 0 Å². The van der Waals surface area contributed by atoms with Gasteiger partial charge >= 0.3 is 5.69 Å². The summed E-state index contributed by atoms with van der Waals surface area (Å²) < 4.78 is 13.0. The fraction of sp³-hybridized carbons (Fsp3) is 0. The van der Waals surface area contributed by atoms with Crippen LogP contribution in [0.1, 0.15) is 5.56 Å². The van der Waals surface area contributed by atoms with E-state index in [1.54, 1.807) is 0 Å². The van der Waals surface area contributed by atoms with Crippen LogP contribution >= 0.6 is 11.6 Å². The van der Waals surface area contributed by atoms with Crippen molar-refractivity contribution in [1.82, 2.24) is 0 Å². The van der Waals surface area contributed by atoms with Crippen molar-refractivity contribution in [2.75, 3.05) is 0 Å². The highest BCUT2D eigenvalue weighted by Gasteiger charge is 2.17. The van der Waals surface area contributed by atoms with Crippen LogP contribution in [-0.4, -0.2) is 4.92 Å². The van der Waals surface area contributed by atoms with Gasteiger partial charge < -0.3 is 0 Å². The molecule has 0 heterocycles. The van der Waals surface area contributed by atoms with Gasteiger partial charge in [0, 0.05) is 6.07 Å². The Kier molecular flexibility index (Phi) is 2.63. The Morgan fingerprint density at radius 1 is 1.62 bits per heavy atom. The minimum Gasteiger partial charge on any atom is -0.258 e. The van der Waals surface area contributed by atoms with Gasteiger partial charge in [-0.15, -0.1) is 0 Å². The van der Waals surface area contributed by atoms with Gasteiger partial charge in [-0.3, -0.25) is 10.1 Å². The predicted octanol–water partition coefficient (Wildman–Crippen LogP) is 3.03. The summed E-state index contributed by atoms with van der Waals surface area (Å²) in [5, 5.41) is 10.0. The molecule has 5 heteroatoms. The smallest absolute Gasteiger partial charge is 0.258 e. The van der Waals surface area contributed by atoms with Crippen molar-refractivity contribution in [2.45, 2.75) is 0 Å². The van der Waals surface area contributed by atoms with E-state index < -0.39 is 16.4 Å². The third-order valence-electron chi connectivity index (χ3n) is 1.46. The maximum absolute atomic E-state index is 13.0. The number of nitro groups is 1. The van der Waals surface area contributed by atoms with Gasteiger partial charge in [0.25, 0.3) is 0 Å². The van der Waals surface area contributed by atoms with Crippen LogP contribution in [0.15, 0.2) is 18.7 Å². The Morgan fingerprint density at radius 2 is 2.23 bits per heavy atom. The van der Waals surface area contributed by atoms with Crippen molar-refractivity contribution >= 4 is 23.4 Å². The third kappa shape index (κ3) is 1.84. The molecular formula is C8H5ClFNO2. The Morgan fingerprint density at radius 3 is 2.69 bits per heavy atom. The lowest BCUT2D eigenvalue weighted by molar-refractivity contribution is -0.387. The van der Waals surface area contributed by atoms with Gasteiger partial charge in [-0.2, -0.15) is 4.39 Å². The standard InChI is InChI=1S/C8H5ClFNO2/c1-2-5-3-6(9)8(10)7(4-5)11(12)13/h2-4H,1H2. The fourth-order valence-corrected chi connectivity index (χ4v) is 1.07. The van der Waals surface area contributed by atoms with E-state index in [1.807, 2.05) is 0 Å². The number of nitrogens with zero attached hydrogens (tertiary/aromatic N) is 1. The predicted molar refractivity (Wildman–Crippen MR) is 48.2 cm³/mol. The van der Waals surface area contributed by atoms with Crippen molar-refractivity contribution in [3.05, 3.63) is 45.2 Å². The summed E-state index contributed by atoms with van der Waals surface area (Å²) in [7, 11) is 0. The van der Waals surface area contributed by atoms with Crippen LogP contribution in [0.3, 0.4) is 0 Å². The zero-order valence-corrected chi connectivity index (χ0v) is 7.21. The lowest BCUT2D eigenvalue weighted by Gasteiger charge is -1.98. The lowest BCUT2D eigenvalue weighted by atomic mass is 10.2. The summed E-state index contributed by atoms with van der Waals surface area (Å²) in [6, 6.07) is 2.35. The maximum Gasteiger partial charge on any atom is 0.306 e. The van der Waals surface area contributed by atoms with Crippen molar-refractivity contribution in [1.29, 1.82) is 0 Å². The topological polar surface area (TPSA) is 43.1 Å². The van der Waals surface area contributed by atoms with Gasteiger partial charge in [0.15, 0.2) is 0 Å². The maximum atomic E-state index is 13.0. The van der Waals surface area contributed by atoms with E-state index in [-0.39, 0.29) is 5.02 Å². The second kappa shape index (κ2) is 3.53. The lowest BCUT2D eigenvalue weighted by Crippen LogP contribution is -1.93. The van der Waals surface area contributed by atoms with E-state index in [2.05, 4.69) is 6.58 Å². The molecule has 0 saturated heterocycles. The van der Waals surface area contributed by atoms with Gasteiger partial charge in [0.2, 0.25) is 5.82 Å². The molecule has 68 valence electrons. The average Bonchev–Trinajstić information content (AvgIpc) is 2.09. The summed E-state index contributed by atoms with van der Waals surface area (Å²) >= 11 is 5.41. The Bertz CT molecular complexity index is 379. The van der Waals surface area contributed by atoms with E-state index in [9.17, 15) is 14.5 Å². The number of rotatable bonds is 2. The molecule has 0 radical (unpaired) electrons. The van der Waals surface area contributed by atoms with E-state index in [0.717, 1.165) is 6.07 Å². The first-order valence-corrected chi connectivity index (χ1v) is 3.70. The first kappa shape index (κ1) is 9.67. The zero-order valence-electron chi connectivity index (χ0n) is 6.46. The van der Waals surface area contributed by atoms with Crippen molar-refractivity contribution in [3.63, 3.8) is 0 Å². The van der Waals surface area contributed by atoms with Gasteiger partial charge in [-0.05, 0) is 11.6 Å². The number of halogens is 2. The molecule has 0 unspecified atom stereocenters. The molecular weight excluding hydrogens is 197 g/mol. The molecule has 0 aromatic heterocycles. The third-order valence-corrected chi connectivity index (χ3v) is 1.74. The van der Waals surface area contributed by atoms with Crippen LogP contribution in [0, 0.1) is 15.9 Å². The molecule has 0 spiro atoms. The summed E-state index contributed by atoms with van der Waals surface area (Å²) in [6.07, 6.45) is 1.36. The molecule has 3 nitrogen and oxygen atoms in total. The summed E-state index contributed by atoms with van der Waals surface area (Å²) in [6.45, 7) is 3.40. The molecule has 0 aliphatic heterocycles. The molecule has 0 saturated carbocycles. The van der Waals surface area contributed by atoms with Crippen LogP contribution in [0.2, 0.25) is 5.02 Å². The van der Waals surface area contributed by atoms with E-state index in [1.165, 1.54) is 12.1 Å². The van der Waals surface area contributed by atoms with Gasteiger partial charge in [-0.25, -0.2) is 0 Å². The molecule has 0 fully saturated rings. The number of benzene rings is 1. The molecule has 1 rings (SSSR count). The van der Waals surface area contributed by atoms with E-state index in [0.29, 0.717) is 5.56 Å². The fourth-order valence-electron chi connectivity index (χ4n) is 0.846. The SMILES string of the molecule is C=Cc1cc(Cl)c(F)c([N+](=O)[O-])c1. The van der Waals surface area contributed by atoms with Gasteiger partial charge in [0.1, 0.15) is 0 Å².